The average molecular weight is 320 g/mol. The summed E-state index contributed by atoms with van der Waals surface area (Å²) < 4.78 is 0. The number of carboxylic acids is 2. The van der Waals surface area contributed by atoms with Crippen LogP contribution in [0, 0.1) is 11.8 Å². The fraction of sp³-hybridized carbons (Fsp3) is 0.579. The van der Waals surface area contributed by atoms with E-state index in [1.54, 1.807) is 0 Å². The SMILES string of the molecule is CC(C)=CCC/C(C)=C/CCC1=CC[C@H](C(=O)O)[C@@H](C(=O)O)C1. The zero-order chi connectivity index (χ0) is 17.4. The Morgan fingerprint density at radius 1 is 1.09 bits per heavy atom. The molecule has 4 nitrogen and oxygen atoms in total. The summed E-state index contributed by atoms with van der Waals surface area (Å²) in [7, 11) is 0. The molecule has 2 atom stereocenters. The summed E-state index contributed by atoms with van der Waals surface area (Å²) in [6, 6.07) is 0. The standard InChI is InChI=1S/C19H28O4/c1-13(2)6-4-7-14(3)8-5-9-15-10-11-16(18(20)21)17(12-15)19(22)23/h6,8,10,16-17H,4-5,7,9,11-12H2,1-3H3,(H,20,21)(H,22,23)/b14-8+/t16-,17-/m0/s1. The summed E-state index contributed by atoms with van der Waals surface area (Å²) in [5.74, 6) is -3.60. The first-order chi connectivity index (χ1) is 10.8. The first-order valence-corrected chi connectivity index (χ1v) is 8.23. The predicted molar refractivity (Wildman–Crippen MR) is 91.2 cm³/mol. The largest absolute Gasteiger partial charge is 0.481 e. The summed E-state index contributed by atoms with van der Waals surface area (Å²) in [4.78, 5) is 22.4. The second-order valence-corrected chi connectivity index (χ2v) is 6.60. The molecule has 0 aliphatic heterocycles. The minimum Gasteiger partial charge on any atom is -0.481 e. The summed E-state index contributed by atoms with van der Waals surface area (Å²) in [6.07, 6.45) is 10.8. The van der Waals surface area contributed by atoms with Gasteiger partial charge in [0, 0.05) is 0 Å². The van der Waals surface area contributed by atoms with Gasteiger partial charge in [-0.1, -0.05) is 34.9 Å². The van der Waals surface area contributed by atoms with Crippen molar-refractivity contribution >= 4 is 11.9 Å². The van der Waals surface area contributed by atoms with Crippen LogP contribution < -0.4 is 0 Å². The minimum absolute atomic E-state index is 0.324. The number of rotatable bonds is 8. The predicted octanol–water partition coefficient (Wildman–Crippen LogP) is 4.58. The molecule has 0 aromatic carbocycles. The van der Waals surface area contributed by atoms with Crippen LogP contribution in [0.15, 0.2) is 34.9 Å². The van der Waals surface area contributed by atoms with Gasteiger partial charge in [-0.2, -0.15) is 0 Å². The van der Waals surface area contributed by atoms with Crippen molar-refractivity contribution in [2.75, 3.05) is 0 Å². The molecule has 1 aliphatic rings. The highest BCUT2D eigenvalue weighted by Gasteiger charge is 2.35. The van der Waals surface area contributed by atoms with Crippen LogP contribution in [0.4, 0.5) is 0 Å². The Bertz CT molecular complexity index is 521. The lowest BCUT2D eigenvalue weighted by Gasteiger charge is -2.25. The second kappa shape index (κ2) is 9.33. The minimum atomic E-state index is -1.01. The summed E-state index contributed by atoms with van der Waals surface area (Å²) in [5.41, 5.74) is 3.75. The average Bonchev–Trinajstić information content (AvgIpc) is 2.46. The van der Waals surface area contributed by atoms with Crippen LogP contribution in [0.25, 0.3) is 0 Å². The summed E-state index contributed by atoms with van der Waals surface area (Å²) in [5, 5.41) is 18.3. The van der Waals surface area contributed by atoms with Gasteiger partial charge in [-0.15, -0.1) is 0 Å². The summed E-state index contributed by atoms with van der Waals surface area (Å²) >= 11 is 0. The van der Waals surface area contributed by atoms with Crippen molar-refractivity contribution in [2.45, 2.75) is 59.3 Å². The maximum atomic E-state index is 11.3. The lowest BCUT2D eigenvalue weighted by Crippen LogP contribution is -2.32. The van der Waals surface area contributed by atoms with Crippen LogP contribution >= 0.6 is 0 Å². The van der Waals surface area contributed by atoms with E-state index in [-0.39, 0.29) is 0 Å². The zero-order valence-corrected chi connectivity index (χ0v) is 14.3. The van der Waals surface area contributed by atoms with Crippen molar-refractivity contribution < 1.29 is 19.8 Å². The molecule has 0 unspecified atom stereocenters. The third-order valence-corrected chi connectivity index (χ3v) is 4.31. The molecule has 0 saturated carbocycles. The number of carbonyl (C=O) groups is 2. The molecule has 0 radical (unpaired) electrons. The molecule has 1 aliphatic carbocycles. The van der Waals surface area contributed by atoms with Crippen molar-refractivity contribution in [3.63, 3.8) is 0 Å². The number of hydrogen-bond acceptors (Lipinski definition) is 2. The number of allylic oxidation sites excluding steroid dienone is 6. The van der Waals surface area contributed by atoms with Gasteiger partial charge >= 0.3 is 11.9 Å². The highest BCUT2D eigenvalue weighted by molar-refractivity contribution is 5.80. The van der Waals surface area contributed by atoms with Crippen LogP contribution in [-0.4, -0.2) is 22.2 Å². The number of aliphatic carboxylic acids is 2. The van der Waals surface area contributed by atoms with Crippen LogP contribution in [-0.2, 0) is 9.59 Å². The highest BCUT2D eigenvalue weighted by Crippen LogP contribution is 2.32. The van der Waals surface area contributed by atoms with Crippen LogP contribution in [0.5, 0.6) is 0 Å². The van der Waals surface area contributed by atoms with Gasteiger partial charge in [-0.05, 0) is 59.3 Å². The second-order valence-electron chi connectivity index (χ2n) is 6.60. The first kappa shape index (κ1) is 19.2. The van der Waals surface area contributed by atoms with E-state index < -0.39 is 23.8 Å². The number of hydrogen-bond donors (Lipinski definition) is 2. The van der Waals surface area contributed by atoms with Crippen molar-refractivity contribution in [3.05, 3.63) is 34.9 Å². The fourth-order valence-electron chi connectivity index (χ4n) is 2.90. The third-order valence-electron chi connectivity index (χ3n) is 4.31. The number of carboxylic acid groups (broad SMARTS) is 2. The molecule has 23 heavy (non-hydrogen) atoms. The maximum absolute atomic E-state index is 11.3. The monoisotopic (exact) mass is 320 g/mol. The summed E-state index contributed by atoms with van der Waals surface area (Å²) in [6.45, 7) is 6.31. The molecule has 0 saturated heterocycles. The Balaban J connectivity index is 2.50. The van der Waals surface area contributed by atoms with Gasteiger partial charge in [0.2, 0.25) is 0 Å². The van der Waals surface area contributed by atoms with E-state index in [2.05, 4.69) is 32.9 Å². The lowest BCUT2D eigenvalue weighted by atomic mass is 9.78. The van der Waals surface area contributed by atoms with Crippen molar-refractivity contribution in [2.24, 2.45) is 11.8 Å². The van der Waals surface area contributed by atoms with Crippen molar-refractivity contribution in [1.82, 2.24) is 0 Å². The van der Waals surface area contributed by atoms with Gasteiger partial charge in [0.25, 0.3) is 0 Å². The molecule has 0 bridgehead atoms. The zero-order valence-electron chi connectivity index (χ0n) is 14.3. The molecule has 0 aromatic heterocycles. The molecular weight excluding hydrogens is 292 g/mol. The van der Waals surface area contributed by atoms with E-state index in [1.807, 2.05) is 6.08 Å². The maximum Gasteiger partial charge on any atom is 0.307 e. The van der Waals surface area contributed by atoms with E-state index >= 15 is 0 Å². The fourth-order valence-corrected chi connectivity index (χ4v) is 2.90. The van der Waals surface area contributed by atoms with E-state index in [0.717, 1.165) is 31.3 Å². The van der Waals surface area contributed by atoms with E-state index in [0.29, 0.717) is 12.8 Å². The van der Waals surface area contributed by atoms with Crippen LogP contribution in [0.2, 0.25) is 0 Å². The van der Waals surface area contributed by atoms with Gasteiger partial charge in [0.15, 0.2) is 0 Å². The van der Waals surface area contributed by atoms with E-state index in [1.165, 1.54) is 11.1 Å². The van der Waals surface area contributed by atoms with Gasteiger partial charge in [-0.3, -0.25) is 9.59 Å². The Kier molecular flexibility index (Phi) is 7.79. The Hall–Kier alpha value is -1.84. The molecule has 4 heteroatoms. The van der Waals surface area contributed by atoms with Crippen LogP contribution in [0.3, 0.4) is 0 Å². The molecular formula is C19H28O4. The Labute approximate surface area is 138 Å². The Morgan fingerprint density at radius 3 is 2.30 bits per heavy atom. The van der Waals surface area contributed by atoms with Gasteiger partial charge < -0.3 is 10.2 Å². The van der Waals surface area contributed by atoms with Crippen molar-refractivity contribution in [1.29, 1.82) is 0 Å². The first-order valence-electron chi connectivity index (χ1n) is 8.23. The quantitative estimate of drug-likeness (QED) is 0.642. The van der Waals surface area contributed by atoms with Gasteiger partial charge in [0.05, 0.1) is 11.8 Å². The topological polar surface area (TPSA) is 74.6 Å². The molecule has 0 aromatic rings. The Morgan fingerprint density at radius 2 is 1.74 bits per heavy atom. The molecule has 0 amide bonds. The van der Waals surface area contributed by atoms with Gasteiger partial charge in [0.1, 0.15) is 0 Å². The molecule has 0 heterocycles. The third kappa shape index (κ3) is 6.85. The molecule has 0 spiro atoms. The van der Waals surface area contributed by atoms with Crippen molar-refractivity contribution in [3.8, 4) is 0 Å². The normalized spacial score (nSPS) is 21.5. The lowest BCUT2D eigenvalue weighted by molar-refractivity contribution is -0.153. The molecule has 2 N–H and O–H groups in total. The smallest absolute Gasteiger partial charge is 0.307 e. The van der Waals surface area contributed by atoms with Crippen LogP contribution in [0.1, 0.15) is 59.3 Å². The molecule has 128 valence electrons. The molecule has 1 rings (SSSR count). The van der Waals surface area contributed by atoms with E-state index in [4.69, 9.17) is 5.11 Å². The highest BCUT2D eigenvalue weighted by atomic mass is 16.4. The molecule has 0 fully saturated rings. The van der Waals surface area contributed by atoms with E-state index in [9.17, 15) is 14.7 Å². The van der Waals surface area contributed by atoms with Gasteiger partial charge in [-0.25, -0.2) is 0 Å².